The van der Waals surface area contributed by atoms with Crippen LogP contribution in [0.2, 0.25) is 0 Å². The van der Waals surface area contributed by atoms with Crippen LogP contribution in [-0.4, -0.2) is 49.4 Å². The summed E-state index contributed by atoms with van der Waals surface area (Å²) in [5.74, 6) is -0.0170. The Hall–Kier alpha value is -2.01. The summed E-state index contributed by atoms with van der Waals surface area (Å²) in [5, 5.41) is 5.67. The van der Waals surface area contributed by atoms with Crippen molar-refractivity contribution in [1.82, 2.24) is 10.2 Å². The Bertz CT molecular complexity index is 705. The Morgan fingerprint density at radius 3 is 2.70 bits per heavy atom. The number of nitrogens with zero attached hydrogens (tertiary/aromatic N) is 1. The maximum atomic E-state index is 12.2. The smallest absolute Gasteiger partial charge is 0.173 e. The first-order chi connectivity index (χ1) is 11.2. The number of carbonyl (C=O) groups excluding carboxylic acids is 1. The highest BCUT2D eigenvalue weighted by atomic mass is 16.1. The zero-order chi connectivity index (χ0) is 16.1. The molecule has 0 aliphatic carbocycles. The third-order valence-corrected chi connectivity index (χ3v) is 4.24. The Labute approximate surface area is 137 Å². The van der Waals surface area contributed by atoms with Crippen molar-refractivity contribution in [1.29, 1.82) is 0 Å². The van der Waals surface area contributed by atoms with Gasteiger partial charge in [0.15, 0.2) is 5.78 Å². The first-order valence-corrected chi connectivity index (χ1v) is 8.12. The molecule has 3 N–H and O–H groups in total. The average molecular weight is 309 g/mol. The SMILES string of the molecule is NC(CN1CCNCC1)C(=O)C=Cc1ccc2ccccc2c1. The van der Waals surface area contributed by atoms with Gasteiger partial charge < -0.3 is 11.1 Å². The van der Waals surface area contributed by atoms with Crippen molar-refractivity contribution in [3.8, 4) is 0 Å². The van der Waals surface area contributed by atoms with E-state index in [9.17, 15) is 4.79 Å². The lowest BCUT2D eigenvalue weighted by atomic mass is 10.1. The highest BCUT2D eigenvalue weighted by Crippen LogP contribution is 2.16. The minimum absolute atomic E-state index is 0.0170. The lowest BCUT2D eigenvalue weighted by molar-refractivity contribution is -0.116. The third-order valence-electron chi connectivity index (χ3n) is 4.24. The lowest BCUT2D eigenvalue weighted by Crippen LogP contribution is -2.49. The number of nitrogens with two attached hydrogens (primary N) is 1. The van der Waals surface area contributed by atoms with Gasteiger partial charge in [0.1, 0.15) is 0 Å². The minimum Gasteiger partial charge on any atom is -0.320 e. The van der Waals surface area contributed by atoms with Crippen LogP contribution in [0.3, 0.4) is 0 Å². The molecular weight excluding hydrogens is 286 g/mol. The molecule has 0 saturated carbocycles. The Morgan fingerprint density at radius 1 is 1.17 bits per heavy atom. The summed E-state index contributed by atoms with van der Waals surface area (Å²) < 4.78 is 0. The average Bonchev–Trinajstić information content (AvgIpc) is 2.60. The Balaban J connectivity index is 1.61. The maximum Gasteiger partial charge on any atom is 0.173 e. The number of hydrogen-bond donors (Lipinski definition) is 2. The fourth-order valence-electron chi connectivity index (χ4n) is 2.88. The third kappa shape index (κ3) is 4.26. The molecule has 4 nitrogen and oxygen atoms in total. The molecule has 0 bridgehead atoms. The van der Waals surface area contributed by atoms with E-state index in [1.807, 2.05) is 24.3 Å². The number of carbonyl (C=O) groups is 1. The number of ketones is 1. The fourth-order valence-corrected chi connectivity index (χ4v) is 2.88. The van der Waals surface area contributed by atoms with Gasteiger partial charge in [0, 0.05) is 32.7 Å². The molecule has 1 fully saturated rings. The molecule has 1 heterocycles. The molecule has 120 valence electrons. The minimum atomic E-state index is -0.454. The second-order valence-corrected chi connectivity index (χ2v) is 6.00. The van der Waals surface area contributed by atoms with Gasteiger partial charge in [-0.3, -0.25) is 9.69 Å². The molecule has 4 heteroatoms. The summed E-state index contributed by atoms with van der Waals surface area (Å²) in [4.78, 5) is 14.4. The van der Waals surface area contributed by atoms with Crippen molar-refractivity contribution in [2.75, 3.05) is 32.7 Å². The summed E-state index contributed by atoms with van der Waals surface area (Å²) in [6.45, 7) is 4.47. The van der Waals surface area contributed by atoms with E-state index in [0.29, 0.717) is 6.54 Å². The highest BCUT2D eigenvalue weighted by Gasteiger charge is 2.17. The molecule has 0 aromatic heterocycles. The van der Waals surface area contributed by atoms with Crippen molar-refractivity contribution in [3.63, 3.8) is 0 Å². The van der Waals surface area contributed by atoms with Gasteiger partial charge in [0.2, 0.25) is 0 Å². The molecule has 0 amide bonds. The van der Waals surface area contributed by atoms with Gasteiger partial charge in [-0.05, 0) is 28.5 Å². The summed E-state index contributed by atoms with van der Waals surface area (Å²) in [6, 6.07) is 13.9. The molecule has 1 unspecified atom stereocenters. The number of piperazine rings is 1. The topological polar surface area (TPSA) is 58.4 Å². The molecule has 0 spiro atoms. The van der Waals surface area contributed by atoms with Gasteiger partial charge in [-0.1, -0.05) is 42.5 Å². The highest BCUT2D eigenvalue weighted by molar-refractivity contribution is 5.98. The predicted molar refractivity (Wildman–Crippen MR) is 95.3 cm³/mol. The van der Waals surface area contributed by atoms with Crippen LogP contribution in [-0.2, 0) is 4.79 Å². The van der Waals surface area contributed by atoms with E-state index in [-0.39, 0.29) is 5.78 Å². The second-order valence-electron chi connectivity index (χ2n) is 6.00. The zero-order valence-electron chi connectivity index (χ0n) is 13.2. The van der Waals surface area contributed by atoms with Crippen LogP contribution in [0.4, 0.5) is 0 Å². The number of nitrogens with one attached hydrogen (secondary N) is 1. The maximum absolute atomic E-state index is 12.2. The molecule has 2 aromatic rings. The molecule has 0 radical (unpaired) electrons. The van der Waals surface area contributed by atoms with Crippen LogP contribution < -0.4 is 11.1 Å². The first kappa shape index (κ1) is 15.9. The Morgan fingerprint density at radius 2 is 1.91 bits per heavy atom. The van der Waals surface area contributed by atoms with Crippen LogP contribution in [0.5, 0.6) is 0 Å². The van der Waals surface area contributed by atoms with E-state index in [2.05, 4.69) is 34.5 Å². The summed E-state index contributed by atoms with van der Waals surface area (Å²) in [5.41, 5.74) is 7.06. The van der Waals surface area contributed by atoms with Crippen LogP contribution in [0.15, 0.2) is 48.5 Å². The van der Waals surface area contributed by atoms with E-state index in [1.165, 1.54) is 10.8 Å². The van der Waals surface area contributed by atoms with Crippen molar-refractivity contribution >= 4 is 22.6 Å². The Kier molecular flexibility index (Phi) is 5.18. The largest absolute Gasteiger partial charge is 0.320 e. The van der Waals surface area contributed by atoms with E-state index in [1.54, 1.807) is 6.08 Å². The lowest BCUT2D eigenvalue weighted by Gasteiger charge is -2.28. The number of fused-ring (bicyclic) bond motifs is 1. The molecule has 1 atom stereocenters. The predicted octanol–water partition coefficient (Wildman–Crippen LogP) is 1.65. The molecule has 2 aromatic carbocycles. The standard InChI is InChI=1S/C19H23N3O/c20-18(14-22-11-9-21-10-12-22)19(23)8-6-15-5-7-16-3-1-2-4-17(16)13-15/h1-8,13,18,21H,9-12,14,20H2. The van der Waals surface area contributed by atoms with Crippen molar-refractivity contribution in [2.45, 2.75) is 6.04 Å². The fraction of sp³-hybridized carbons (Fsp3) is 0.316. The van der Waals surface area contributed by atoms with Crippen molar-refractivity contribution < 1.29 is 4.79 Å². The van der Waals surface area contributed by atoms with E-state index in [4.69, 9.17) is 5.73 Å². The summed E-state index contributed by atoms with van der Waals surface area (Å²) in [7, 11) is 0. The van der Waals surface area contributed by atoms with E-state index >= 15 is 0 Å². The quantitative estimate of drug-likeness (QED) is 0.825. The van der Waals surface area contributed by atoms with Gasteiger partial charge in [-0.25, -0.2) is 0 Å². The molecule has 3 rings (SSSR count). The normalized spacial score (nSPS) is 17.6. The first-order valence-electron chi connectivity index (χ1n) is 8.12. The number of hydrogen-bond acceptors (Lipinski definition) is 4. The van der Waals surface area contributed by atoms with Crippen molar-refractivity contribution in [3.05, 3.63) is 54.1 Å². The number of rotatable bonds is 5. The van der Waals surface area contributed by atoms with E-state index in [0.717, 1.165) is 31.7 Å². The number of benzene rings is 2. The monoisotopic (exact) mass is 309 g/mol. The van der Waals surface area contributed by atoms with Crippen LogP contribution >= 0.6 is 0 Å². The van der Waals surface area contributed by atoms with Gasteiger partial charge in [0.25, 0.3) is 0 Å². The summed E-state index contributed by atoms with van der Waals surface area (Å²) in [6.07, 6.45) is 3.46. The molecule has 1 aliphatic rings. The molecule has 1 aliphatic heterocycles. The zero-order valence-corrected chi connectivity index (χ0v) is 13.2. The van der Waals surface area contributed by atoms with Gasteiger partial charge in [-0.2, -0.15) is 0 Å². The van der Waals surface area contributed by atoms with E-state index < -0.39 is 6.04 Å². The van der Waals surface area contributed by atoms with Gasteiger partial charge in [-0.15, -0.1) is 0 Å². The van der Waals surface area contributed by atoms with Crippen LogP contribution in [0, 0.1) is 0 Å². The van der Waals surface area contributed by atoms with Crippen molar-refractivity contribution in [2.24, 2.45) is 5.73 Å². The molecule has 23 heavy (non-hydrogen) atoms. The van der Waals surface area contributed by atoms with Gasteiger partial charge >= 0.3 is 0 Å². The van der Waals surface area contributed by atoms with Gasteiger partial charge in [0.05, 0.1) is 6.04 Å². The summed E-state index contributed by atoms with van der Waals surface area (Å²) >= 11 is 0. The molecular formula is C19H23N3O. The van der Waals surface area contributed by atoms with Crippen LogP contribution in [0.1, 0.15) is 5.56 Å². The van der Waals surface area contributed by atoms with Crippen LogP contribution in [0.25, 0.3) is 16.8 Å². The molecule has 1 saturated heterocycles. The second kappa shape index (κ2) is 7.51.